The van der Waals surface area contributed by atoms with E-state index in [0.717, 1.165) is 21.4 Å². The third kappa shape index (κ3) is 6.26. The van der Waals surface area contributed by atoms with Gasteiger partial charge in [-0.05, 0) is 55.3 Å². The molecule has 1 N–H and O–H groups in total. The van der Waals surface area contributed by atoms with Crippen LogP contribution >= 0.6 is 27.3 Å². The van der Waals surface area contributed by atoms with Crippen molar-refractivity contribution in [2.24, 2.45) is 0 Å². The highest BCUT2D eigenvalue weighted by Crippen LogP contribution is 2.24. The van der Waals surface area contributed by atoms with Crippen molar-refractivity contribution in [1.82, 2.24) is 9.88 Å². The van der Waals surface area contributed by atoms with Gasteiger partial charge in [0.1, 0.15) is 16.5 Å². The summed E-state index contributed by atoms with van der Waals surface area (Å²) in [7, 11) is 0. The van der Waals surface area contributed by atoms with Gasteiger partial charge in [0.2, 0.25) is 0 Å². The smallest absolute Gasteiger partial charge is 0.273 e. The zero-order chi connectivity index (χ0) is 26.2. The van der Waals surface area contributed by atoms with Crippen LogP contribution in [0.5, 0.6) is 5.75 Å². The summed E-state index contributed by atoms with van der Waals surface area (Å²) in [5, 5.41) is 12.8. The van der Waals surface area contributed by atoms with Crippen LogP contribution in [0.2, 0.25) is 0 Å². The first-order valence-electron chi connectivity index (χ1n) is 11.7. The first-order chi connectivity index (χ1) is 18.0. The van der Waals surface area contributed by atoms with Gasteiger partial charge in [0.15, 0.2) is 5.57 Å². The molecule has 0 bridgehead atoms. The van der Waals surface area contributed by atoms with Gasteiger partial charge >= 0.3 is 0 Å². The maximum atomic E-state index is 13.6. The molecular weight excluding hydrogens is 550 g/mol. The number of aromatic nitrogens is 1. The summed E-state index contributed by atoms with van der Waals surface area (Å²) in [6, 6.07) is 26.4. The SMILES string of the molecule is CCOc1ccc(Br)cc1/C=c1/s/c(=C(/C#N)C(=O)NCCc2ccccc2)n(-c2ccccc2)c1=O. The number of benzene rings is 3. The normalized spacial score (nSPS) is 12.1. The molecule has 3 aromatic carbocycles. The van der Waals surface area contributed by atoms with Gasteiger partial charge in [-0.3, -0.25) is 14.2 Å². The molecule has 1 amide bonds. The summed E-state index contributed by atoms with van der Waals surface area (Å²) in [6.07, 6.45) is 2.36. The molecule has 186 valence electrons. The van der Waals surface area contributed by atoms with E-state index in [1.165, 1.54) is 4.57 Å². The van der Waals surface area contributed by atoms with Crippen LogP contribution in [0.1, 0.15) is 18.1 Å². The molecule has 4 rings (SSSR count). The van der Waals surface area contributed by atoms with Crippen LogP contribution < -0.4 is 24.8 Å². The van der Waals surface area contributed by atoms with Gasteiger partial charge in [-0.2, -0.15) is 5.26 Å². The van der Waals surface area contributed by atoms with E-state index >= 15 is 0 Å². The highest BCUT2D eigenvalue weighted by atomic mass is 79.9. The van der Waals surface area contributed by atoms with Gasteiger partial charge in [-0.15, -0.1) is 11.3 Å². The lowest BCUT2D eigenvalue weighted by molar-refractivity contribution is -0.115. The zero-order valence-corrected chi connectivity index (χ0v) is 22.5. The number of hydrogen-bond donors (Lipinski definition) is 1. The second kappa shape index (κ2) is 12.3. The lowest BCUT2D eigenvalue weighted by atomic mass is 10.1. The molecule has 0 saturated heterocycles. The summed E-state index contributed by atoms with van der Waals surface area (Å²) in [4.78, 5) is 26.7. The topological polar surface area (TPSA) is 84.1 Å². The van der Waals surface area contributed by atoms with Crippen LogP contribution in [0.15, 0.2) is 88.1 Å². The molecule has 8 heteroatoms. The first kappa shape index (κ1) is 26.1. The third-order valence-electron chi connectivity index (χ3n) is 5.49. The number of nitrogens with one attached hydrogen (secondary N) is 1. The van der Waals surface area contributed by atoms with Crippen molar-refractivity contribution in [3.63, 3.8) is 0 Å². The summed E-state index contributed by atoms with van der Waals surface area (Å²) in [6.45, 7) is 2.73. The van der Waals surface area contributed by atoms with Crippen LogP contribution in [-0.2, 0) is 11.2 Å². The van der Waals surface area contributed by atoms with Crippen LogP contribution in [-0.4, -0.2) is 23.6 Å². The van der Waals surface area contributed by atoms with Gasteiger partial charge in [-0.25, -0.2) is 0 Å². The number of carbonyl (C=O) groups is 1. The van der Waals surface area contributed by atoms with E-state index in [9.17, 15) is 14.9 Å². The van der Waals surface area contributed by atoms with Gasteiger partial charge in [-0.1, -0.05) is 64.5 Å². The molecule has 4 aromatic rings. The molecular formula is C29H24BrN3O3S. The largest absolute Gasteiger partial charge is 0.493 e. The van der Waals surface area contributed by atoms with E-state index in [-0.39, 0.29) is 15.8 Å². The monoisotopic (exact) mass is 573 g/mol. The van der Waals surface area contributed by atoms with E-state index < -0.39 is 5.91 Å². The fourth-order valence-corrected chi connectivity index (χ4v) is 5.24. The fraction of sp³-hybridized carbons (Fsp3) is 0.138. The summed E-state index contributed by atoms with van der Waals surface area (Å²) in [5.74, 6) is 0.114. The minimum atomic E-state index is -0.520. The lowest BCUT2D eigenvalue weighted by Crippen LogP contribution is -2.34. The number of thiazole rings is 1. The second-order valence-electron chi connectivity index (χ2n) is 7.99. The highest BCUT2D eigenvalue weighted by Gasteiger charge is 2.17. The molecule has 0 fully saturated rings. The number of halogens is 1. The average molecular weight is 575 g/mol. The van der Waals surface area contributed by atoms with Crippen molar-refractivity contribution >= 4 is 44.8 Å². The lowest BCUT2D eigenvalue weighted by Gasteiger charge is -2.06. The third-order valence-corrected chi connectivity index (χ3v) is 7.08. The van der Waals surface area contributed by atoms with Crippen molar-refractivity contribution in [3.8, 4) is 17.5 Å². The number of amides is 1. The Balaban J connectivity index is 1.84. The Kier molecular flexibility index (Phi) is 8.72. The van der Waals surface area contributed by atoms with E-state index in [2.05, 4.69) is 21.2 Å². The number of nitriles is 1. The van der Waals surface area contributed by atoms with Crippen molar-refractivity contribution in [2.75, 3.05) is 13.2 Å². The van der Waals surface area contributed by atoms with Gasteiger partial charge in [0.05, 0.1) is 16.8 Å². The molecule has 1 heterocycles. The van der Waals surface area contributed by atoms with Gasteiger partial charge in [0.25, 0.3) is 11.5 Å². The predicted octanol–water partition coefficient (Wildman–Crippen LogP) is 3.92. The van der Waals surface area contributed by atoms with Gasteiger partial charge in [0, 0.05) is 16.6 Å². The first-order valence-corrected chi connectivity index (χ1v) is 13.3. The number of para-hydroxylation sites is 1. The molecule has 0 radical (unpaired) electrons. The molecule has 0 saturated carbocycles. The van der Waals surface area contributed by atoms with Crippen LogP contribution in [0.25, 0.3) is 17.3 Å². The fourth-order valence-electron chi connectivity index (χ4n) is 3.77. The Labute approximate surface area is 226 Å². The molecule has 6 nitrogen and oxygen atoms in total. The predicted molar refractivity (Wildman–Crippen MR) is 150 cm³/mol. The maximum absolute atomic E-state index is 13.6. The standard InChI is InChI=1S/C29H24BrN3O3S/c1-2-36-25-14-13-22(30)17-21(25)18-26-28(35)33(23-11-7-4-8-12-23)29(37-26)24(19-31)27(34)32-16-15-20-9-5-3-6-10-20/h3-14,17-18H,2,15-16H2,1H3,(H,32,34)/b26-18+,29-24-. The Bertz CT molecular complexity index is 1620. The zero-order valence-electron chi connectivity index (χ0n) is 20.1. The molecule has 0 aliphatic heterocycles. The molecule has 0 atom stereocenters. The highest BCUT2D eigenvalue weighted by molar-refractivity contribution is 9.10. The molecule has 0 aliphatic carbocycles. The molecule has 0 aliphatic rings. The van der Waals surface area contributed by atoms with E-state index in [1.807, 2.05) is 67.6 Å². The van der Waals surface area contributed by atoms with Gasteiger partial charge < -0.3 is 10.1 Å². The minimum Gasteiger partial charge on any atom is -0.493 e. The number of nitrogens with zero attached hydrogens (tertiary/aromatic N) is 2. The number of ether oxygens (including phenoxy) is 1. The summed E-state index contributed by atoms with van der Waals surface area (Å²) < 4.78 is 8.64. The molecule has 1 aromatic heterocycles. The Morgan fingerprint density at radius 3 is 2.49 bits per heavy atom. The van der Waals surface area contributed by atoms with Crippen molar-refractivity contribution in [1.29, 1.82) is 5.26 Å². The Morgan fingerprint density at radius 2 is 1.81 bits per heavy atom. The van der Waals surface area contributed by atoms with E-state index in [1.54, 1.807) is 30.3 Å². The molecule has 37 heavy (non-hydrogen) atoms. The Hall–Kier alpha value is -3.93. The second-order valence-corrected chi connectivity index (χ2v) is 9.93. The minimum absolute atomic E-state index is 0.113. The number of rotatable bonds is 8. The van der Waals surface area contributed by atoms with Crippen molar-refractivity contribution in [3.05, 3.63) is 114 Å². The van der Waals surface area contributed by atoms with Crippen LogP contribution in [0.4, 0.5) is 0 Å². The number of carbonyl (C=O) groups excluding carboxylic acids is 1. The van der Waals surface area contributed by atoms with Crippen LogP contribution in [0, 0.1) is 11.3 Å². The van der Waals surface area contributed by atoms with E-state index in [0.29, 0.717) is 41.1 Å². The Morgan fingerprint density at radius 1 is 1.11 bits per heavy atom. The summed E-state index contributed by atoms with van der Waals surface area (Å²) in [5.41, 5.74) is 1.93. The van der Waals surface area contributed by atoms with E-state index in [4.69, 9.17) is 4.74 Å². The van der Waals surface area contributed by atoms with Crippen LogP contribution in [0.3, 0.4) is 0 Å². The average Bonchev–Trinajstić information content (AvgIpc) is 3.22. The summed E-state index contributed by atoms with van der Waals surface area (Å²) >= 11 is 4.58. The molecule has 0 unspecified atom stereocenters. The quantitative estimate of drug-likeness (QED) is 0.346. The maximum Gasteiger partial charge on any atom is 0.273 e. The van der Waals surface area contributed by atoms with Crippen molar-refractivity contribution < 1.29 is 9.53 Å². The van der Waals surface area contributed by atoms with Crippen molar-refractivity contribution in [2.45, 2.75) is 13.3 Å². The molecule has 0 spiro atoms. The number of hydrogen-bond acceptors (Lipinski definition) is 5.